The van der Waals surface area contributed by atoms with Gasteiger partial charge in [0, 0.05) is 31.2 Å². The molecule has 5 rings (SSSR count). The smallest absolute Gasteiger partial charge is 0.246 e. The lowest BCUT2D eigenvalue weighted by Gasteiger charge is -2.34. The number of rotatable bonds is 4. The van der Waals surface area contributed by atoms with Crippen molar-refractivity contribution < 1.29 is 17.2 Å². The van der Waals surface area contributed by atoms with Crippen LogP contribution in [0.15, 0.2) is 53.7 Å². The molecule has 1 aliphatic rings. The van der Waals surface area contributed by atoms with E-state index in [0.29, 0.717) is 28.1 Å². The van der Waals surface area contributed by atoms with Gasteiger partial charge in [0.1, 0.15) is 22.9 Å². The van der Waals surface area contributed by atoms with E-state index in [9.17, 15) is 17.2 Å². The van der Waals surface area contributed by atoms with E-state index in [-0.39, 0.29) is 26.2 Å². The molecule has 0 unspecified atom stereocenters. The maximum atomic E-state index is 14.1. The Morgan fingerprint density at radius 3 is 2.39 bits per heavy atom. The van der Waals surface area contributed by atoms with Crippen molar-refractivity contribution in [2.24, 2.45) is 0 Å². The van der Waals surface area contributed by atoms with E-state index in [4.69, 9.17) is 11.6 Å². The largest absolute Gasteiger partial charge is 0.352 e. The molecule has 0 radical (unpaired) electrons. The van der Waals surface area contributed by atoms with Gasteiger partial charge in [0.2, 0.25) is 10.0 Å². The van der Waals surface area contributed by atoms with Crippen molar-refractivity contribution in [3.05, 3.63) is 65.4 Å². The minimum Gasteiger partial charge on any atom is -0.352 e. The Morgan fingerprint density at radius 1 is 0.939 bits per heavy atom. The highest BCUT2D eigenvalue weighted by atomic mass is 35.5. The SMILES string of the molecule is O=S(=O)(c1cc(F)ccc1F)N1CCN(c2ncnc3c2nnn3-c2ccc(Cl)cc2)CC1. The van der Waals surface area contributed by atoms with Crippen molar-refractivity contribution in [2.45, 2.75) is 4.90 Å². The topological polar surface area (TPSA) is 97.1 Å². The number of sulfonamides is 1. The van der Waals surface area contributed by atoms with Crippen LogP contribution in [-0.4, -0.2) is 63.9 Å². The predicted molar refractivity (Wildman–Crippen MR) is 117 cm³/mol. The third-order valence-electron chi connectivity index (χ3n) is 5.34. The number of fused-ring (bicyclic) bond motifs is 1. The predicted octanol–water partition coefficient (Wildman–Crippen LogP) is 2.65. The summed E-state index contributed by atoms with van der Waals surface area (Å²) in [7, 11) is -4.18. The molecule has 3 heterocycles. The van der Waals surface area contributed by atoms with Gasteiger partial charge < -0.3 is 4.90 Å². The van der Waals surface area contributed by atoms with Crippen LogP contribution in [0.3, 0.4) is 0 Å². The Labute approximate surface area is 192 Å². The molecule has 4 aromatic rings. The van der Waals surface area contributed by atoms with Gasteiger partial charge in [-0.25, -0.2) is 27.2 Å². The molecule has 33 heavy (non-hydrogen) atoms. The summed E-state index contributed by atoms with van der Waals surface area (Å²) in [6.45, 7) is 0.677. The number of hydrogen-bond donors (Lipinski definition) is 0. The van der Waals surface area contributed by atoms with Crippen LogP contribution in [0.1, 0.15) is 0 Å². The number of aromatic nitrogens is 5. The van der Waals surface area contributed by atoms with Gasteiger partial charge in [0.25, 0.3) is 0 Å². The monoisotopic (exact) mass is 491 g/mol. The molecule has 9 nitrogen and oxygen atoms in total. The Hall–Kier alpha value is -3.22. The molecular formula is C20H16ClF2N7O2S. The standard InChI is InChI=1S/C20H16ClF2N7O2S/c21-13-1-4-15(5-2-13)30-20-18(26-27-30)19(24-12-25-20)28-7-9-29(10-8-28)33(31,32)17-11-14(22)3-6-16(17)23/h1-6,11-12H,7-10H2. The van der Waals surface area contributed by atoms with Gasteiger partial charge in [0.15, 0.2) is 17.0 Å². The van der Waals surface area contributed by atoms with Crippen LogP contribution in [0.4, 0.5) is 14.6 Å². The van der Waals surface area contributed by atoms with Crippen molar-refractivity contribution in [3.63, 3.8) is 0 Å². The van der Waals surface area contributed by atoms with Crippen LogP contribution in [0.25, 0.3) is 16.9 Å². The second-order valence-corrected chi connectivity index (χ2v) is 9.66. The van der Waals surface area contributed by atoms with Gasteiger partial charge in [-0.1, -0.05) is 16.8 Å². The summed E-state index contributed by atoms with van der Waals surface area (Å²) in [6, 6.07) is 9.41. The van der Waals surface area contributed by atoms with Crippen LogP contribution < -0.4 is 4.90 Å². The van der Waals surface area contributed by atoms with E-state index in [1.807, 2.05) is 4.90 Å². The molecule has 2 aromatic heterocycles. The van der Waals surface area contributed by atoms with Gasteiger partial charge >= 0.3 is 0 Å². The van der Waals surface area contributed by atoms with Crippen molar-refractivity contribution in [3.8, 4) is 5.69 Å². The first kappa shape index (κ1) is 21.6. The second-order valence-electron chi connectivity index (χ2n) is 7.31. The average molecular weight is 492 g/mol. The number of piperazine rings is 1. The molecule has 170 valence electrons. The normalized spacial score (nSPS) is 15.3. The molecule has 0 aliphatic carbocycles. The zero-order valence-corrected chi connectivity index (χ0v) is 18.5. The summed E-state index contributed by atoms with van der Waals surface area (Å²) >= 11 is 5.95. The summed E-state index contributed by atoms with van der Waals surface area (Å²) in [5.74, 6) is -1.30. The maximum absolute atomic E-state index is 14.1. The van der Waals surface area contributed by atoms with Crippen molar-refractivity contribution in [1.29, 1.82) is 0 Å². The highest BCUT2D eigenvalue weighted by Crippen LogP contribution is 2.26. The van der Waals surface area contributed by atoms with Gasteiger partial charge in [0.05, 0.1) is 5.69 Å². The first-order valence-corrected chi connectivity index (χ1v) is 11.7. The molecular weight excluding hydrogens is 476 g/mol. The quantitative estimate of drug-likeness (QED) is 0.433. The van der Waals surface area contributed by atoms with Crippen molar-refractivity contribution >= 4 is 38.6 Å². The van der Waals surface area contributed by atoms with Crippen LogP contribution in [0, 0.1) is 11.6 Å². The molecule has 2 aromatic carbocycles. The van der Waals surface area contributed by atoms with Crippen LogP contribution >= 0.6 is 11.6 Å². The minimum atomic E-state index is -4.18. The van der Waals surface area contributed by atoms with Crippen LogP contribution in [-0.2, 0) is 10.0 Å². The van der Waals surface area contributed by atoms with Crippen molar-refractivity contribution in [2.75, 3.05) is 31.1 Å². The highest BCUT2D eigenvalue weighted by Gasteiger charge is 2.32. The first-order chi connectivity index (χ1) is 15.8. The number of anilines is 1. The number of hydrogen-bond acceptors (Lipinski definition) is 7. The van der Waals surface area contributed by atoms with Gasteiger partial charge in [-0.2, -0.15) is 8.99 Å². The third kappa shape index (κ3) is 3.90. The molecule has 0 spiro atoms. The molecule has 1 aliphatic heterocycles. The highest BCUT2D eigenvalue weighted by molar-refractivity contribution is 7.89. The lowest BCUT2D eigenvalue weighted by atomic mass is 10.3. The Bertz CT molecular complexity index is 1440. The van der Waals surface area contributed by atoms with E-state index in [1.54, 1.807) is 28.9 Å². The Morgan fingerprint density at radius 2 is 1.67 bits per heavy atom. The van der Waals surface area contributed by atoms with E-state index < -0.39 is 26.6 Å². The first-order valence-electron chi connectivity index (χ1n) is 9.87. The molecule has 0 amide bonds. The number of benzene rings is 2. The van der Waals surface area contributed by atoms with E-state index in [2.05, 4.69) is 20.3 Å². The van der Waals surface area contributed by atoms with Gasteiger partial charge in [-0.3, -0.25) is 0 Å². The van der Waals surface area contributed by atoms with E-state index in [1.165, 1.54) is 6.33 Å². The number of nitrogens with zero attached hydrogens (tertiary/aromatic N) is 7. The zero-order chi connectivity index (χ0) is 23.2. The number of halogens is 3. The average Bonchev–Trinajstić information content (AvgIpc) is 3.25. The van der Waals surface area contributed by atoms with Crippen molar-refractivity contribution in [1.82, 2.24) is 29.3 Å². The van der Waals surface area contributed by atoms with E-state index >= 15 is 0 Å². The van der Waals surface area contributed by atoms with Crippen LogP contribution in [0.2, 0.25) is 5.02 Å². The lowest BCUT2D eigenvalue weighted by molar-refractivity contribution is 0.381. The second kappa shape index (κ2) is 8.28. The third-order valence-corrected chi connectivity index (χ3v) is 7.50. The molecule has 0 saturated carbocycles. The molecule has 13 heteroatoms. The molecule has 1 fully saturated rings. The maximum Gasteiger partial charge on any atom is 0.246 e. The minimum absolute atomic E-state index is 0.0646. The molecule has 0 N–H and O–H groups in total. The Balaban J connectivity index is 1.40. The molecule has 1 saturated heterocycles. The lowest BCUT2D eigenvalue weighted by Crippen LogP contribution is -2.49. The Kier molecular flexibility index (Phi) is 5.43. The summed E-state index contributed by atoms with van der Waals surface area (Å²) < 4.78 is 56.0. The molecule has 0 bridgehead atoms. The summed E-state index contributed by atoms with van der Waals surface area (Å²) in [5.41, 5.74) is 1.67. The summed E-state index contributed by atoms with van der Waals surface area (Å²) in [6.07, 6.45) is 1.39. The fraction of sp³-hybridized carbons (Fsp3) is 0.200. The van der Waals surface area contributed by atoms with Gasteiger partial charge in [-0.15, -0.1) is 5.10 Å². The van der Waals surface area contributed by atoms with Gasteiger partial charge in [-0.05, 0) is 42.5 Å². The van der Waals surface area contributed by atoms with Crippen LogP contribution in [0.5, 0.6) is 0 Å². The van der Waals surface area contributed by atoms with E-state index in [0.717, 1.165) is 22.1 Å². The zero-order valence-electron chi connectivity index (χ0n) is 16.9. The molecule has 0 atom stereocenters. The summed E-state index contributed by atoms with van der Waals surface area (Å²) in [5, 5.41) is 8.98. The fourth-order valence-corrected chi connectivity index (χ4v) is 5.30. The fourth-order valence-electron chi connectivity index (χ4n) is 3.68. The summed E-state index contributed by atoms with van der Waals surface area (Å²) in [4.78, 5) is 9.80.